The van der Waals surface area contributed by atoms with Crippen LogP contribution in [0.1, 0.15) is 15.9 Å². The monoisotopic (exact) mass is 286 g/mol. The standard InChI is InChI=1S/C16H18N2O3/c1-20-10-11-4-3-5-14(6-11)18-16(19)12-7-13(17)9-15(8-12)21-2/h3-9H,10,17H2,1-2H3,(H,18,19). The summed E-state index contributed by atoms with van der Waals surface area (Å²) in [5, 5.41) is 2.83. The fraction of sp³-hybridized carbons (Fsp3) is 0.188. The van der Waals surface area contributed by atoms with Gasteiger partial charge in [-0.1, -0.05) is 12.1 Å². The van der Waals surface area contributed by atoms with Gasteiger partial charge in [0.25, 0.3) is 5.91 Å². The number of amides is 1. The summed E-state index contributed by atoms with van der Waals surface area (Å²) < 4.78 is 10.2. The predicted molar refractivity (Wildman–Crippen MR) is 82.5 cm³/mol. The Hall–Kier alpha value is -2.53. The van der Waals surface area contributed by atoms with Crippen molar-refractivity contribution in [3.8, 4) is 5.75 Å². The van der Waals surface area contributed by atoms with Gasteiger partial charge in [-0.05, 0) is 29.8 Å². The number of nitrogens with two attached hydrogens (primary N) is 1. The number of hydrogen-bond donors (Lipinski definition) is 2. The number of carbonyl (C=O) groups excluding carboxylic acids is 1. The Morgan fingerprint density at radius 2 is 2.00 bits per heavy atom. The minimum atomic E-state index is -0.241. The first-order valence-corrected chi connectivity index (χ1v) is 6.46. The number of hydrogen-bond acceptors (Lipinski definition) is 4. The molecule has 2 aromatic rings. The van der Waals surface area contributed by atoms with Gasteiger partial charge in [0.2, 0.25) is 0 Å². The van der Waals surface area contributed by atoms with E-state index in [0.29, 0.717) is 29.3 Å². The van der Waals surface area contributed by atoms with Gasteiger partial charge in [0.1, 0.15) is 5.75 Å². The number of nitrogen functional groups attached to an aromatic ring is 1. The fourth-order valence-corrected chi connectivity index (χ4v) is 1.98. The molecule has 0 fully saturated rings. The number of carbonyl (C=O) groups is 1. The van der Waals surface area contributed by atoms with Crippen LogP contribution in [0.5, 0.6) is 5.75 Å². The average molecular weight is 286 g/mol. The summed E-state index contributed by atoms with van der Waals surface area (Å²) in [6.07, 6.45) is 0. The van der Waals surface area contributed by atoms with E-state index in [2.05, 4.69) is 5.32 Å². The van der Waals surface area contributed by atoms with Crippen LogP contribution >= 0.6 is 0 Å². The summed E-state index contributed by atoms with van der Waals surface area (Å²) in [5.41, 5.74) is 8.37. The largest absolute Gasteiger partial charge is 0.497 e. The summed E-state index contributed by atoms with van der Waals surface area (Å²) in [5.74, 6) is 0.309. The predicted octanol–water partition coefficient (Wildman–Crippen LogP) is 2.68. The van der Waals surface area contributed by atoms with E-state index in [1.807, 2.05) is 24.3 Å². The van der Waals surface area contributed by atoms with E-state index >= 15 is 0 Å². The number of anilines is 2. The van der Waals surface area contributed by atoms with Crippen LogP contribution in [0.3, 0.4) is 0 Å². The molecule has 0 unspecified atom stereocenters. The van der Waals surface area contributed by atoms with Crippen LogP contribution in [-0.4, -0.2) is 20.1 Å². The van der Waals surface area contributed by atoms with Gasteiger partial charge in [-0.15, -0.1) is 0 Å². The molecular weight excluding hydrogens is 268 g/mol. The van der Waals surface area contributed by atoms with Crippen LogP contribution < -0.4 is 15.8 Å². The molecule has 0 aliphatic rings. The lowest BCUT2D eigenvalue weighted by Crippen LogP contribution is -2.12. The Bertz CT molecular complexity index is 641. The van der Waals surface area contributed by atoms with Crippen LogP contribution in [0, 0.1) is 0 Å². The van der Waals surface area contributed by atoms with Crippen molar-refractivity contribution in [2.24, 2.45) is 0 Å². The van der Waals surface area contributed by atoms with E-state index in [4.69, 9.17) is 15.2 Å². The molecule has 0 radical (unpaired) electrons. The molecule has 0 aliphatic heterocycles. The summed E-state index contributed by atoms with van der Waals surface area (Å²) in [7, 11) is 3.16. The number of methoxy groups -OCH3 is 2. The van der Waals surface area contributed by atoms with Gasteiger partial charge in [-0.3, -0.25) is 4.79 Å². The second kappa shape index (κ2) is 6.76. The Morgan fingerprint density at radius 3 is 2.71 bits per heavy atom. The zero-order valence-corrected chi connectivity index (χ0v) is 12.1. The second-order valence-electron chi connectivity index (χ2n) is 4.58. The molecule has 5 heteroatoms. The van der Waals surface area contributed by atoms with Crippen LogP contribution in [-0.2, 0) is 11.3 Å². The lowest BCUT2D eigenvalue weighted by atomic mass is 10.1. The van der Waals surface area contributed by atoms with Crippen LogP contribution in [0.25, 0.3) is 0 Å². The van der Waals surface area contributed by atoms with Gasteiger partial charge >= 0.3 is 0 Å². The Morgan fingerprint density at radius 1 is 1.19 bits per heavy atom. The van der Waals surface area contributed by atoms with E-state index in [9.17, 15) is 4.79 Å². The maximum Gasteiger partial charge on any atom is 0.255 e. The van der Waals surface area contributed by atoms with E-state index < -0.39 is 0 Å². The van der Waals surface area contributed by atoms with Crippen LogP contribution in [0.15, 0.2) is 42.5 Å². The third kappa shape index (κ3) is 3.97. The number of nitrogens with one attached hydrogen (secondary N) is 1. The molecule has 0 aliphatic carbocycles. The molecular formula is C16H18N2O3. The first-order chi connectivity index (χ1) is 10.1. The molecule has 2 aromatic carbocycles. The van der Waals surface area contributed by atoms with Gasteiger partial charge in [-0.2, -0.15) is 0 Å². The number of benzene rings is 2. The van der Waals surface area contributed by atoms with Crippen molar-refractivity contribution in [2.45, 2.75) is 6.61 Å². The topological polar surface area (TPSA) is 73.6 Å². The molecule has 0 bridgehead atoms. The molecule has 0 atom stereocenters. The maximum absolute atomic E-state index is 12.3. The molecule has 21 heavy (non-hydrogen) atoms. The van der Waals surface area contributed by atoms with Gasteiger partial charge in [0.15, 0.2) is 0 Å². The highest BCUT2D eigenvalue weighted by molar-refractivity contribution is 6.05. The molecule has 1 amide bonds. The summed E-state index contributed by atoms with van der Waals surface area (Å²) in [6.45, 7) is 0.496. The Balaban J connectivity index is 2.17. The molecule has 5 nitrogen and oxygen atoms in total. The zero-order valence-electron chi connectivity index (χ0n) is 12.1. The fourth-order valence-electron chi connectivity index (χ4n) is 1.98. The van der Waals surface area contributed by atoms with Crippen molar-refractivity contribution >= 4 is 17.3 Å². The minimum absolute atomic E-state index is 0.241. The quantitative estimate of drug-likeness (QED) is 0.829. The molecule has 0 saturated carbocycles. The zero-order chi connectivity index (χ0) is 15.2. The van der Waals surface area contributed by atoms with E-state index in [1.165, 1.54) is 7.11 Å². The van der Waals surface area contributed by atoms with Crippen molar-refractivity contribution in [2.75, 3.05) is 25.3 Å². The summed E-state index contributed by atoms with van der Waals surface area (Å²) in [6, 6.07) is 12.4. The van der Waals surface area contributed by atoms with Crippen LogP contribution in [0.4, 0.5) is 11.4 Å². The summed E-state index contributed by atoms with van der Waals surface area (Å²) in [4.78, 5) is 12.3. The molecule has 2 rings (SSSR count). The van der Waals surface area contributed by atoms with Gasteiger partial charge in [-0.25, -0.2) is 0 Å². The molecule has 0 aromatic heterocycles. The highest BCUT2D eigenvalue weighted by Gasteiger charge is 2.09. The molecule has 0 spiro atoms. The van der Waals surface area contributed by atoms with Crippen molar-refractivity contribution in [1.82, 2.24) is 0 Å². The van der Waals surface area contributed by atoms with Gasteiger partial charge < -0.3 is 20.5 Å². The first kappa shape index (κ1) is 14.9. The molecule has 110 valence electrons. The van der Waals surface area contributed by atoms with Crippen molar-refractivity contribution in [1.29, 1.82) is 0 Å². The maximum atomic E-state index is 12.3. The van der Waals surface area contributed by atoms with Crippen molar-refractivity contribution in [3.05, 3.63) is 53.6 Å². The highest BCUT2D eigenvalue weighted by Crippen LogP contribution is 2.20. The highest BCUT2D eigenvalue weighted by atomic mass is 16.5. The SMILES string of the molecule is COCc1cccc(NC(=O)c2cc(N)cc(OC)c2)c1. The lowest BCUT2D eigenvalue weighted by molar-refractivity contribution is 0.102. The smallest absolute Gasteiger partial charge is 0.255 e. The van der Waals surface area contributed by atoms with E-state index in [0.717, 1.165) is 5.56 Å². The number of ether oxygens (including phenoxy) is 2. The molecule has 0 saturated heterocycles. The molecule has 3 N–H and O–H groups in total. The normalized spacial score (nSPS) is 10.2. The van der Waals surface area contributed by atoms with Gasteiger partial charge in [0, 0.05) is 30.1 Å². The van der Waals surface area contributed by atoms with Crippen LogP contribution in [0.2, 0.25) is 0 Å². The van der Waals surface area contributed by atoms with Gasteiger partial charge in [0.05, 0.1) is 13.7 Å². The van der Waals surface area contributed by atoms with E-state index in [-0.39, 0.29) is 5.91 Å². The molecule has 0 heterocycles. The van der Waals surface area contributed by atoms with E-state index in [1.54, 1.807) is 25.3 Å². The summed E-state index contributed by atoms with van der Waals surface area (Å²) >= 11 is 0. The average Bonchev–Trinajstić information content (AvgIpc) is 2.47. The van der Waals surface area contributed by atoms with Crippen molar-refractivity contribution < 1.29 is 14.3 Å². The second-order valence-corrected chi connectivity index (χ2v) is 4.58. The minimum Gasteiger partial charge on any atom is -0.497 e. The lowest BCUT2D eigenvalue weighted by Gasteiger charge is -2.09. The third-order valence-corrected chi connectivity index (χ3v) is 2.92. The third-order valence-electron chi connectivity index (χ3n) is 2.92. The first-order valence-electron chi connectivity index (χ1n) is 6.46. The Kier molecular flexibility index (Phi) is 4.79. The van der Waals surface area contributed by atoms with Crippen molar-refractivity contribution in [3.63, 3.8) is 0 Å². The Labute approximate surface area is 123 Å². The number of rotatable bonds is 5.